The van der Waals surface area contributed by atoms with E-state index in [4.69, 9.17) is 11.6 Å². The number of fused-ring (bicyclic) bond motifs is 1. The van der Waals surface area contributed by atoms with E-state index in [1.54, 1.807) is 6.07 Å². The van der Waals surface area contributed by atoms with Crippen LogP contribution in [0.15, 0.2) is 29.2 Å². The summed E-state index contributed by atoms with van der Waals surface area (Å²) in [6.07, 6.45) is 2.90. The van der Waals surface area contributed by atoms with E-state index >= 15 is 0 Å². The number of amides is 1. The molecule has 0 bridgehead atoms. The molecule has 0 saturated heterocycles. The third-order valence-corrected chi connectivity index (χ3v) is 6.49. The Hall–Kier alpha value is -2.01. The first kappa shape index (κ1) is 17.8. The summed E-state index contributed by atoms with van der Waals surface area (Å²) in [5.41, 5.74) is 2.70. The minimum Gasteiger partial charge on any atom is -0.273 e. The van der Waals surface area contributed by atoms with Crippen molar-refractivity contribution in [3.05, 3.63) is 54.7 Å². The zero-order valence-corrected chi connectivity index (χ0v) is 15.0. The lowest BCUT2D eigenvalue weighted by Gasteiger charge is -2.08. The van der Waals surface area contributed by atoms with Gasteiger partial charge in [0.1, 0.15) is 5.02 Å². The van der Waals surface area contributed by atoms with Crippen LogP contribution in [0.2, 0.25) is 5.02 Å². The highest BCUT2D eigenvalue weighted by atomic mass is 35.5. The van der Waals surface area contributed by atoms with Gasteiger partial charge in [-0.15, -0.1) is 16.2 Å². The SMILES string of the molecule is O=C(NNS(=O)(=O)c1ccc(Cl)c([N+](=O)[O-])c1)c1cc2c(s1)CCC2. The fourth-order valence-corrected chi connectivity index (χ4v) is 4.67. The van der Waals surface area contributed by atoms with E-state index in [-0.39, 0.29) is 9.92 Å². The van der Waals surface area contributed by atoms with Gasteiger partial charge >= 0.3 is 0 Å². The number of rotatable bonds is 5. The molecule has 1 heterocycles. The Morgan fingerprint density at radius 2 is 2.04 bits per heavy atom. The Kier molecular flexibility index (Phi) is 4.78. The van der Waals surface area contributed by atoms with Crippen LogP contribution < -0.4 is 10.3 Å². The second kappa shape index (κ2) is 6.71. The summed E-state index contributed by atoms with van der Waals surface area (Å²) in [7, 11) is -4.17. The van der Waals surface area contributed by atoms with E-state index < -0.39 is 26.5 Å². The highest BCUT2D eigenvalue weighted by Gasteiger charge is 2.23. The molecule has 1 aliphatic carbocycles. The molecule has 8 nitrogen and oxygen atoms in total. The number of sulfonamides is 1. The van der Waals surface area contributed by atoms with Gasteiger partial charge in [-0.25, -0.2) is 8.42 Å². The maximum atomic E-state index is 12.2. The van der Waals surface area contributed by atoms with Crippen molar-refractivity contribution in [3.8, 4) is 0 Å². The van der Waals surface area contributed by atoms with Gasteiger partial charge < -0.3 is 0 Å². The maximum absolute atomic E-state index is 12.2. The maximum Gasteiger partial charge on any atom is 0.289 e. The number of thiophene rings is 1. The lowest BCUT2D eigenvalue weighted by Crippen LogP contribution is -2.41. The topological polar surface area (TPSA) is 118 Å². The van der Waals surface area contributed by atoms with Crippen molar-refractivity contribution >= 4 is 44.6 Å². The third-order valence-electron chi connectivity index (χ3n) is 3.69. The summed E-state index contributed by atoms with van der Waals surface area (Å²) < 4.78 is 24.4. The molecule has 0 saturated carbocycles. The van der Waals surface area contributed by atoms with Crippen LogP contribution in [0.5, 0.6) is 0 Å². The van der Waals surface area contributed by atoms with Gasteiger partial charge in [0.15, 0.2) is 0 Å². The summed E-state index contributed by atoms with van der Waals surface area (Å²) in [6.45, 7) is 0. The Balaban J connectivity index is 1.74. The number of hydrogen-bond donors (Lipinski definition) is 2. The van der Waals surface area contributed by atoms with Crippen molar-refractivity contribution in [3.63, 3.8) is 0 Å². The van der Waals surface area contributed by atoms with Gasteiger partial charge in [-0.1, -0.05) is 11.6 Å². The van der Waals surface area contributed by atoms with E-state index in [0.717, 1.165) is 47.9 Å². The first-order chi connectivity index (χ1) is 11.8. The molecular weight excluding hydrogens is 390 g/mol. The first-order valence-electron chi connectivity index (χ1n) is 7.15. The normalized spacial score (nSPS) is 13.5. The zero-order valence-electron chi connectivity index (χ0n) is 12.6. The fraction of sp³-hybridized carbons (Fsp3) is 0.214. The Morgan fingerprint density at radius 3 is 2.72 bits per heavy atom. The largest absolute Gasteiger partial charge is 0.289 e. The predicted molar refractivity (Wildman–Crippen MR) is 92.2 cm³/mol. The Labute approximate surface area is 152 Å². The monoisotopic (exact) mass is 401 g/mol. The Bertz CT molecular complexity index is 949. The van der Waals surface area contributed by atoms with Crippen molar-refractivity contribution < 1.29 is 18.1 Å². The standard InChI is InChI=1S/C14H12ClN3O5S2/c15-10-5-4-9(7-11(10)18(20)21)25(22,23)17-16-14(19)13-6-8-2-1-3-12(8)24-13/h4-7,17H,1-3H2,(H,16,19). The molecule has 0 aliphatic heterocycles. The molecule has 1 aromatic carbocycles. The molecule has 3 rings (SSSR count). The molecule has 132 valence electrons. The number of benzene rings is 1. The number of carbonyl (C=O) groups is 1. The van der Waals surface area contributed by atoms with Gasteiger partial charge in [0.25, 0.3) is 21.6 Å². The lowest BCUT2D eigenvalue weighted by atomic mass is 10.2. The van der Waals surface area contributed by atoms with Crippen molar-refractivity contribution in [2.24, 2.45) is 0 Å². The molecule has 0 fully saturated rings. The zero-order chi connectivity index (χ0) is 18.2. The minimum absolute atomic E-state index is 0.180. The molecular formula is C14H12ClN3O5S2. The molecule has 1 aliphatic rings. The van der Waals surface area contributed by atoms with E-state index in [2.05, 4.69) is 5.43 Å². The van der Waals surface area contributed by atoms with E-state index in [1.807, 2.05) is 4.83 Å². The molecule has 0 spiro atoms. The summed E-state index contributed by atoms with van der Waals surface area (Å²) in [4.78, 5) is 25.3. The van der Waals surface area contributed by atoms with Crippen LogP contribution in [0.4, 0.5) is 5.69 Å². The number of nitro benzene ring substituents is 1. The summed E-state index contributed by atoms with van der Waals surface area (Å²) in [5.74, 6) is -0.577. The van der Waals surface area contributed by atoms with Crippen LogP contribution >= 0.6 is 22.9 Å². The number of carbonyl (C=O) groups excluding carboxylic acids is 1. The van der Waals surface area contributed by atoms with Crippen LogP contribution in [-0.4, -0.2) is 19.2 Å². The molecule has 11 heteroatoms. The van der Waals surface area contributed by atoms with E-state index in [0.29, 0.717) is 4.88 Å². The molecule has 2 N–H and O–H groups in total. The summed E-state index contributed by atoms with van der Waals surface area (Å²) in [6, 6.07) is 4.81. The first-order valence-corrected chi connectivity index (χ1v) is 9.83. The van der Waals surface area contributed by atoms with Crippen LogP contribution in [0.1, 0.15) is 26.5 Å². The fourth-order valence-electron chi connectivity index (χ4n) is 2.47. The molecule has 25 heavy (non-hydrogen) atoms. The van der Waals surface area contributed by atoms with Crippen molar-refractivity contribution in [2.75, 3.05) is 0 Å². The summed E-state index contributed by atoms with van der Waals surface area (Å²) in [5, 5.41) is 10.7. The van der Waals surface area contributed by atoms with Gasteiger partial charge in [-0.3, -0.25) is 20.3 Å². The van der Waals surface area contributed by atoms with Crippen molar-refractivity contribution in [1.29, 1.82) is 0 Å². The number of aryl methyl sites for hydroxylation is 2. The molecule has 0 atom stereocenters. The van der Waals surface area contributed by atoms with Gasteiger partial charge in [0.2, 0.25) is 0 Å². The molecule has 1 amide bonds. The number of nitrogens with one attached hydrogen (secondary N) is 2. The molecule has 0 unspecified atom stereocenters. The third kappa shape index (κ3) is 3.66. The quantitative estimate of drug-likeness (QED) is 0.589. The summed E-state index contributed by atoms with van der Waals surface area (Å²) >= 11 is 6.99. The minimum atomic E-state index is -4.17. The van der Waals surface area contributed by atoms with Crippen LogP contribution in [0, 0.1) is 10.1 Å². The molecule has 2 aromatic rings. The van der Waals surface area contributed by atoms with Crippen LogP contribution in [0.3, 0.4) is 0 Å². The second-order valence-corrected chi connectivity index (χ2v) is 8.57. The van der Waals surface area contributed by atoms with E-state index in [9.17, 15) is 23.3 Å². The van der Waals surface area contributed by atoms with E-state index in [1.165, 1.54) is 11.3 Å². The average Bonchev–Trinajstić information content (AvgIpc) is 3.14. The van der Waals surface area contributed by atoms with Crippen molar-refractivity contribution in [1.82, 2.24) is 10.3 Å². The Morgan fingerprint density at radius 1 is 1.28 bits per heavy atom. The number of hydrogen-bond acceptors (Lipinski definition) is 6. The number of nitrogens with zero attached hydrogens (tertiary/aromatic N) is 1. The highest BCUT2D eigenvalue weighted by molar-refractivity contribution is 7.89. The van der Waals surface area contributed by atoms with Gasteiger partial charge in [0.05, 0.1) is 14.7 Å². The average molecular weight is 402 g/mol. The molecule has 1 aromatic heterocycles. The lowest BCUT2D eigenvalue weighted by molar-refractivity contribution is -0.384. The molecule has 0 radical (unpaired) electrons. The van der Waals surface area contributed by atoms with Gasteiger partial charge in [0, 0.05) is 10.9 Å². The smallest absolute Gasteiger partial charge is 0.273 e. The van der Waals surface area contributed by atoms with Gasteiger partial charge in [-0.2, -0.15) is 0 Å². The number of halogens is 1. The second-order valence-electron chi connectivity index (χ2n) is 5.34. The van der Waals surface area contributed by atoms with Crippen LogP contribution in [-0.2, 0) is 22.9 Å². The predicted octanol–water partition coefficient (Wildman–Crippen LogP) is 2.42. The number of nitro groups is 1. The van der Waals surface area contributed by atoms with Crippen molar-refractivity contribution in [2.45, 2.75) is 24.2 Å². The number of hydrazine groups is 1. The van der Waals surface area contributed by atoms with Gasteiger partial charge in [-0.05, 0) is 43.0 Å². The van der Waals surface area contributed by atoms with Crippen LogP contribution in [0.25, 0.3) is 0 Å². The highest BCUT2D eigenvalue weighted by Crippen LogP contribution is 2.30.